The molecule has 106 valence electrons. The van der Waals surface area contributed by atoms with E-state index >= 15 is 0 Å². The lowest BCUT2D eigenvalue weighted by atomic mass is 9.73. The van der Waals surface area contributed by atoms with E-state index in [9.17, 15) is 9.90 Å². The summed E-state index contributed by atoms with van der Waals surface area (Å²) < 4.78 is 10.2. The van der Waals surface area contributed by atoms with E-state index in [1.807, 2.05) is 0 Å². The molecule has 0 aliphatic heterocycles. The summed E-state index contributed by atoms with van der Waals surface area (Å²) in [4.78, 5) is 10.9. The van der Waals surface area contributed by atoms with Gasteiger partial charge in [-0.25, -0.2) is 0 Å². The number of hydrogen-bond donors (Lipinski definition) is 2. The number of nitrogens with zero attached hydrogens (tertiary/aromatic N) is 3. The number of amides is 1. The average molecular weight is 278 g/mol. The quantitative estimate of drug-likeness (QED) is 0.848. The molecule has 0 spiro atoms. The van der Waals surface area contributed by atoms with Crippen LogP contribution in [-0.2, 0) is 0 Å². The molecule has 2 aromatic rings. The molecule has 0 radical (unpaired) electrons. The molecular formula is C12H14N4O4. The Bertz CT molecular complexity index is 627. The highest BCUT2D eigenvalue weighted by molar-refractivity contribution is 5.89. The van der Waals surface area contributed by atoms with Gasteiger partial charge >= 0.3 is 0 Å². The Balaban J connectivity index is 1.63. The summed E-state index contributed by atoms with van der Waals surface area (Å²) in [6.45, 7) is 1.57. The molecule has 1 amide bonds. The Labute approximate surface area is 114 Å². The molecule has 1 atom stereocenters. The Morgan fingerprint density at radius 2 is 2.20 bits per heavy atom. The number of primary amides is 1. The van der Waals surface area contributed by atoms with Gasteiger partial charge in [0.2, 0.25) is 17.5 Å². The molecule has 0 saturated heterocycles. The van der Waals surface area contributed by atoms with Crippen LogP contribution in [-0.4, -0.2) is 26.4 Å². The lowest BCUT2D eigenvalue weighted by Gasteiger charge is -2.31. The fourth-order valence-corrected chi connectivity index (χ4v) is 2.24. The van der Waals surface area contributed by atoms with Crippen molar-refractivity contribution in [2.45, 2.75) is 37.7 Å². The predicted molar refractivity (Wildman–Crippen MR) is 64.7 cm³/mol. The molecule has 0 bridgehead atoms. The third-order valence-electron chi connectivity index (χ3n) is 3.49. The van der Waals surface area contributed by atoms with Crippen molar-refractivity contribution < 1.29 is 18.8 Å². The lowest BCUT2D eigenvalue weighted by Crippen LogP contribution is -2.20. The number of carbonyl (C=O) groups is 1. The Morgan fingerprint density at radius 3 is 2.75 bits per heavy atom. The standard InChI is InChI=1S/C12H14N4O4/c1-5(17)11-14-15-12(19-11)7-2-6(3-7)8-4-9(10(13)18)20-16-8/h4-7,17H,2-3H2,1H3,(H2,13,18). The SMILES string of the molecule is CC(O)c1nnc(C2CC(c3cc(C(N)=O)on3)C2)o1. The van der Waals surface area contributed by atoms with Gasteiger partial charge in [0, 0.05) is 17.9 Å². The fourth-order valence-electron chi connectivity index (χ4n) is 2.24. The average Bonchev–Trinajstić information content (AvgIpc) is 2.95. The minimum absolute atomic E-state index is 0.0673. The van der Waals surface area contributed by atoms with Gasteiger partial charge in [-0.1, -0.05) is 5.16 Å². The Kier molecular flexibility index (Phi) is 3.01. The first-order valence-electron chi connectivity index (χ1n) is 6.32. The van der Waals surface area contributed by atoms with Gasteiger partial charge in [0.15, 0.2) is 0 Å². The van der Waals surface area contributed by atoms with Gasteiger partial charge in [-0.15, -0.1) is 10.2 Å². The number of aliphatic hydroxyl groups excluding tert-OH is 1. The van der Waals surface area contributed by atoms with E-state index in [4.69, 9.17) is 14.7 Å². The summed E-state index contributed by atoms with van der Waals surface area (Å²) in [6, 6.07) is 1.57. The molecular weight excluding hydrogens is 264 g/mol. The summed E-state index contributed by atoms with van der Waals surface area (Å²) >= 11 is 0. The summed E-state index contributed by atoms with van der Waals surface area (Å²) in [5, 5.41) is 20.9. The van der Waals surface area contributed by atoms with E-state index in [0.717, 1.165) is 12.8 Å². The zero-order valence-corrected chi connectivity index (χ0v) is 10.8. The second-order valence-electron chi connectivity index (χ2n) is 5.00. The number of aliphatic hydroxyl groups is 1. The second-order valence-corrected chi connectivity index (χ2v) is 5.00. The maximum absolute atomic E-state index is 10.9. The first-order valence-corrected chi connectivity index (χ1v) is 6.32. The van der Waals surface area contributed by atoms with Gasteiger partial charge in [-0.2, -0.15) is 0 Å². The summed E-state index contributed by atoms with van der Waals surface area (Å²) in [5.41, 5.74) is 5.82. The van der Waals surface area contributed by atoms with Crippen molar-refractivity contribution in [1.29, 1.82) is 0 Å². The Hall–Kier alpha value is -2.22. The van der Waals surface area contributed by atoms with Crippen LogP contribution in [0.25, 0.3) is 0 Å². The van der Waals surface area contributed by atoms with Crippen molar-refractivity contribution in [2.24, 2.45) is 5.73 Å². The van der Waals surface area contributed by atoms with Crippen LogP contribution in [0.15, 0.2) is 15.0 Å². The number of nitrogens with two attached hydrogens (primary N) is 1. The molecule has 3 N–H and O–H groups in total. The second kappa shape index (κ2) is 4.71. The molecule has 0 aromatic carbocycles. The normalized spacial score (nSPS) is 23.3. The Morgan fingerprint density at radius 1 is 1.45 bits per heavy atom. The van der Waals surface area contributed by atoms with Gasteiger partial charge in [0.05, 0.1) is 5.69 Å². The van der Waals surface area contributed by atoms with Crippen molar-refractivity contribution in [3.05, 3.63) is 29.3 Å². The molecule has 1 aliphatic carbocycles. The molecule has 20 heavy (non-hydrogen) atoms. The van der Waals surface area contributed by atoms with Gasteiger partial charge in [-0.05, 0) is 19.8 Å². The maximum atomic E-state index is 10.9. The third-order valence-corrected chi connectivity index (χ3v) is 3.49. The van der Waals surface area contributed by atoms with E-state index in [1.54, 1.807) is 13.0 Å². The van der Waals surface area contributed by atoms with Crippen LogP contribution in [0.3, 0.4) is 0 Å². The van der Waals surface area contributed by atoms with Gasteiger partial charge in [-0.3, -0.25) is 4.79 Å². The fraction of sp³-hybridized carbons (Fsp3) is 0.500. The van der Waals surface area contributed by atoms with E-state index in [2.05, 4.69) is 15.4 Å². The molecule has 1 aliphatic rings. The molecule has 8 nitrogen and oxygen atoms in total. The first kappa shape index (κ1) is 12.8. The number of carbonyl (C=O) groups excluding carboxylic acids is 1. The van der Waals surface area contributed by atoms with Gasteiger partial charge < -0.3 is 19.8 Å². The monoisotopic (exact) mass is 278 g/mol. The topological polar surface area (TPSA) is 128 Å². The van der Waals surface area contributed by atoms with Crippen LogP contribution in [0.2, 0.25) is 0 Å². The highest BCUT2D eigenvalue weighted by Gasteiger charge is 2.37. The predicted octanol–water partition coefficient (Wildman–Crippen LogP) is 0.871. The zero-order chi connectivity index (χ0) is 14.3. The maximum Gasteiger partial charge on any atom is 0.287 e. The molecule has 8 heteroatoms. The minimum Gasteiger partial charge on any atom is -0.422 e. The smallest absolute Gasteiger partial charge is 0.287 e. The van der Waals surface area contributed by atoms with Crippen molar-refractivity contribution >= 4 is 5.91 Å². The molecule has 1 saturated carbocycles. The van der Waals surface area contributed by atoms with Gasteiger partial charge in [0.1, 0.15) is 6.10 Å². The van der Waals surface area contributed by atoms with E-state index in [-0.39, 0.29) is 23.5 Å². The molecule has 1 fully saturated rings. The minimum atomic E-state index is -0.763. The van der Waals surface area contributed by atoms with Crippen molar-refractivity contribution in [2.75, 3.05) is 0 Å². The summed E-state index contributed by atoms with van der Waals surface area (Å²) in [5.74, 6) is 0.528. The van der Waals surface area contributed by atoms with Crippen LogP contribution >= 0.6 is 0 Å². The molecule has 2 aromatic heterocycles. The van der Waals surface area contributed by atoms with Gasteiger partial charge in [0.25, 0.3) is 5.91 Å². The van der Waals surface area contributed by atoms with Crippen LogP contribution in [0.4, 0.5) is 0 Å². The summed E-state index contributed by atoms with van der Waals surface area (Å²) in [6.07, 6.45) is 0.805. The van der Waals surface area contributed by atoms with Crippen LogP contribution in [0, 0.1) is 0 Å². The van der Waals surface area contributed by atoms with Crippen LogP contribution < -0.4 is 5.73 Å². The zero-order valence-electron chi connectivity index (χ0n) is 10.8. The number of rotatable bonds is 4. The highest BCUT2D eigenvalue weighted by atomic mass is 16.5. The van der Waals surface area contributed by atoms with Crippen LogP contribution in [0.1, 0.15) is 65.7 Å². The van der Waals surface area contributed by atoms with Crippen LogP contribution in [0.5, 0.6) is 0 Å². The van der Waals surface area contributed by atoms with E-state index < -0.39 is 12.0 Å². The lowest BCUT2D eigenvalue weighted by molar-refractivity contribution is 0.0964. The van der Waals surface area contributed by atoms with E-state index in [0.29, 0.717) is 11.6 Å². The highest BCUT2D eigenvalue weighted by Crippen LogP contribution is 2.46. The largest absolute Gasteiger partial charge is 0.422 e. The molecule has 1 unspecified atom stereocenters. The first-order chi connectivity index (χ1) is 9.54. The number of hydrogen-bond acceptors (Lipinski definition) is 7. The van der Waals surface area contributed by atoms with Crippen molar-refractivity contribution in [3.63, 3.8) is 0 Å². The third kappa shape index (κ3) is 2.18. The summed E-state index contributed by atoms with van der Waals surface area (Å²) in [7, 11) is 0. The molecule has 3 rings (SSSR count). The molecule has 2 heterocycles. The van der Waals surface area contributed by atoms with Crippen molar-refractivity contribution in [3.8, 4) is 0 Å². The number of aromatic nitrogens is 3. The van der Waals surface area contributed by atoms with Crippen molar-refractivity contribution in [1.82, 2.24) is 15.4 Å². The van der Waals surface area contributed by atoms with E-state index in [1.165, 1.54) is 0 Å².